The quantitative estimate of drug-likeness (QED) is 0.384. The summed E-state index contributed by atoms with van der Waals surface area (Å²) in [6.45, 7) is 0. The summed E-state index contributed by atoms with van der Waals surface area (Å²) < 4.78 is 0. The standard InChI is InChI=1S/C2H4N2/c3-4-1-2-4/h1-2H,3H2. The van der Waals surface area contributed by atoms with E-state index in [2.05, 4.69) is 0 Å². The van der Waals surface area contributed by atoms with Crippen LogP contribution in [0.5, 0.6) is 0 Å². The highest BCUT2D eigenvalue weighted by atomic mass is 15.4. The van der Waals surface area contributed by atoms with E-state index in [1.165, 1.54) is 5.01 Å². The van der Waals surface area contributed by atoms with Crippen LogP contribution < -0.4 is 5.84 Å². The van der Waals surface area contributed by atoms with Crippen LogP contribution in [0.3, 0.4) is 0 Å². The van der Waals surface area contributed by atoms with E-state index in [0.717, 1.165) is 0 Å². The molecular formula is C2H4N2. The molecule has 0 atom stereocenters. The van der Waals surface area contributed by atoms with E-state index in [0.29, 0.717) is 0 Å². The molecule has 0 amide bonds. The zero-order chi connectivity index (χ0) is 2.99. The summed E-state index contributed by atoms with van der Waals surface area (Å²) in [5, 5.41) is 1.50. The molecule has 1 heterocycles. The highest BCUT2D eigenvalue weighted by Crippen LogP contribution is 1.92. The number of nitrogens with zero attached hydrogens (tertiary/aromatic N) is 1. The Morgan fingerprint density at radius 1 is 1.50 bits per heavy atom. The first-order valence-corrected chi connectivity index (χ1v) is 1.11. The first-order valence-electron chi connectivity index (χ1n) is 1.11. The molecule has 0 radical (unpaired) electrons. The van der Waals surface area contributed by atoms with Gasteiger partial charge in [0.05, 0.1) is 0 Å². The van der Waals surface area contributed by atoms with Crippen LogP contribution in [0, 0.1) is 0 Å². The molecule has 2 heteroatoms. The molecule has 4 heavy (non-hydrogen) atoms. The highest BCUT2D eigenvalue weighted by molar-refractivity contribution is 4.95. The number of rotatable bonds is 0. The monoisotopic (exact) mass is 56.0 g/mol. The molecule has 0 aliphatic carbocycles. The second-order valence-electron chi connectivity index (χ2n) is 0.745. The lowest BCUT2D eigenvalue weighted by molar-refractivity contribution is 0.656. The predicted octanol–water partition coefficient (Wildman–Crippen LogP) is -0.353. The van der Waals surface area contributed by atoms with E-state index in [-0.39, 0.29) is 0 Å². The van der Waals surface area contributed by atoms with Crippen molar-refractivity contribution in [2.24, 2.45) is 5.84 Å². The molecule has 0 saturated heterocycles. The fourth-order valence-electron chi connectivity index (χ4n) is 0.0385. The third-order valence-corrected chi connectivity index (χ3v) is 0.321. The van der Waals surface area contributed by atoms with Crippen molar-refractivity contribution in [3.63, 3.8) is 0 Å². The first-order chi connectivity index (χ1) is 1.89. The first kappa shape index (κ1) is 1.79. The highest BCUT2D eigenvalue weighted by Gasteiger charge is 1.90. The molecule has 1 aliphatic heterocycles. The molecular weight excluding hydrogens is 52.0 g/mol. The average Bonchev–Trinajstić information content (AvgIpc) is 1.75. The van der Waals surface area contributed by atoms with Crippen molar-refractivity contribution in [2.45, 2.75) is 0 Å². The van der Waals surface area contributed by atoms with Crippen LogP contribution >= 0.6 is 0 Å². The Bertz CT molecular complexity index is 42.0. The molecule has 0 bridgehead atoms. The summed E-state index contributed by atoms with van der Waals surface area (Å²) in [6, 6.07) is 0. The maximum Gasteiger partial charge on any atom is 0.0385 e. The van der Waals surface area contributed by atoms with Crippen molar-refractivity contribution in [3.8, 4) is 0 Å². The minimum absolute atomic E-state index is 1.50. The second-order valence-corrected chi connectivity index (χ2v) is 0.745. The van der Waals surface area contributed by atoms with Gasteiger partial charge in [-0.05, 0) is 0 Å². The maximum absolute atomic E-state index is 4.94. The lowest BCUT2D eigenvalue weighted by Crippen LogP contribution is -2.02. The van der Waals surface area contributed by atoms with Gasteiger partial charge < -0.3 is 0 Å². The van der Waals surface area contributed by atoms with Crippen molar-refractivity contribution in [3.05, 3.63) is 12.4 Å². The smallest absolute Gasteiger partial charge is 0.0385 e. The van der Waals surface area contributed by atoms with Gasteiger partial charge in [-0.1, -0.05) is 0 Å². The lowest BCUT2D eigenvalue weighted by atomic mass is 11.3. The molecule has 1 aliphatic rings. The number of hydrazine groups is 1. The van der Waals surface area contributed by atoms with Crippen molar-refractivity contribution in [2.75, 3.05) is 0 Å². The van der Waals surface area contributed by atoms with E-state index >= 15 is 0 Å². The predicted molar refractivity (Wildman–Crippen MR) is 15.2 cm³/mol. The van der Waals surface area contributed by atoms with Gasteiger partial charge in [-0.15, -0.1) is 0 Å². The van der Waals surface area contributed by atoms with Gasteiger partial charge >= 0.3 is 0 Å². The molecule has 0 aromatic carbocycles. The van der Waals surface area contributed by atoms with Gasteiger partial charge in [-0.3, -0.25) is 5.01 Å². The average molecular weight is 56.1 g/mol. The van der Waals surface area contributed by atoms with Gasteiger partial charge in [0.2, 0.25) is 0 Å². The number of hydrogen-bond donors (Lipinski definition) is 1. The SMILES string of the molecule is NN1C=C1. The molecule has 0 fully saturated rings. The molecule has 0 aromatic rings. The third-order valence-electron chi connectivity index (χ3n) is 0.321. The maximum atomic E-state index is 4.94. The Balaban J connectivity index is 2.32. The van der Waals surface area contributed by atoms with Gasteiger partial charge in [0, 0.05) is 12.4 Å². The molecule has 0 aromatic heterocycles. The molecule has 2 nitrogen and oxygen atoms in total. The Hall–Kier alpha value is -0.500. The van der Waals surface area contributed by atoms with Crippen LogP contribution in [0.25, 0.3) is 0 Å². The van der Waals surface area contributed by atoms with Crippen LogP contribution in [0.1, 0.15) is 0 Å². The Labute approximate surface area is 24.5 Å². The van der Waals surface area contributed by atoms with Crippen molar-refractivity contribution in [1.29, 1.82) is 0 Å². The van der Waals surface area contributed by atoms with Crippen LogP contribution in [-0.2, 0) is 0 Å². The Kier molecular flexibility index (Phi) is 0.124. The summed E-state index contributed by atoms with van der Waals surface area (Å²) >= 11 is 0. The van der Waals surface area contributed by atoms with E-state index in [1.807, 2.05) is 0 Å². The van der Waals surface area contributed by atoms with Crippen molar-refractivity contribution in [1.82, 2.24) is 5.01 Å². The van der Waals surface area contributed by atoms with Gasteiger partial charge in [0.1, 0.15) is 0 Å². The van der Waals surface area contributed by atoms with Crippen LogP contribution in [0.15, 0.2) is 12.4 Å². The van der Waals surface area contributed by atoms with E-state index in [4.69, 9.17) is 5.84 Å². The second kappa shape index (κ2) is 0.278. The van der Waals surface area contributed by atoms with Gasteiger partial charge in [0.15, 0.2) is 0 Å². The Morgan fingerprint density at radius 3 is 1.75 bits per heavy atom. The Morgan fingerprint density at radius 2 is 1.75 bits per heavy atom. The molecule has 0 spiro atoms. The number of nitrogens with two attached hydrogens (primary N) is 1. The lowest BCUT2D eigenvalue weighted by Gasteiger charge is -1.75. The van der Waals surface area contributed by atoms with E-state index in [1.54, 1.807) is 12.4 Å². The van der Waals surface area contributed by atoms with Crippen molar-refractivity contribution >= 4 is 0 Å². The third kappa shape index (κ3) is 0.0600. The summed E-state index contributed by atoms with van der Waals surface area (Å²) in [6.07, 6.45) is 3.56. The van der Waals surface area contributed by atoms with E-state index in [9.17, 15) is 0 Å². The fraction of sp³-hybridized carbons (Fsp3) is 0. The topological polar surface area (TPSA) is 29.0 Å². The molecule has 1 rings (SSSR count). The fourth-order valence-corrected chi connectivity index (χ4v) is 0.0385. The summed E-state index contributed by atoms with van der Waals surface area (Å²) in [7, 11) is 0. The summed E-state index contributed by atoms with van der Waals surface area (Å²) in [5.74, 6) is 4.94. The van der Waals surface area contributed by atoms with Crippen LogP contribution in [0.4, 0.5) is 0 Å². The number of hydrogen-bond acceptors (Lipinski definition) is 2. The summed E-state index contributed by atoms with van der Waals surface area (Å²) in [4.78, 5) is 0. The van der Waals surface area contributed by atoms with Crippen LogP contribution in [0.2, 0.25) is 0 Å². The molecule has 0 saturated carbocycles. The van der Waals surface area contributed by atoms with Crippen LogP contribution in [-0.4, -0.2) is 5.01 Å². The van der Waals surface area contributed by atoms with Gasteiger partial charge in [-0.25, -0.2) is 5.84 Å². The van der Waals surface area contributed by atoms with E-state index < -0.39 is 0 Å². The largest absolute Gasteiger partial charge is 0.291 e. The van der Waals surface area contributed by atoms with Crippen molar-refractivity contribution < 1.29 is 0 Å². The molecule has 22 valence electrons. The molecule has 0 unspecified atom stereocenters. The summed E-state index contributed by atoms with van der Waals surface area (Å²) in [5.41, 5.74) is 0. The minimum Gasteiger partial charge on any atom is -0.291 e. The normalized spacial score (nSPS) is 17.8. The molecule has 2 N–H and O–H groups in total. The zero-order valence-corrected chi connectivity index (χ0v) is 2.18. The van der Waals surface area contributed by atoms with Gasteiger partial charge in [0.25, 0.3) is 0 Å². The minimum atomic E-state index is 1.50. The zero-order valence-electron chi connectivity index (χ0n) is 2.18. The van der Waals surface area contributed by atoms with Gasteiger partial charge in [-0.2, -0.15) is 0 Å².